The first-order valence-corrected chi connectivity index (χ1v) is 10.5. The van der Waals surface area contributed by atoms with Gasteiger partial charge in [-0.1, -0.05) is 36.4 Å². The number of nitrogens with one attached hydrogen (secondary N) is 2. The molecule has 0 aliphatic heterocycles. The zero-order chi connectivity index (χ0) is 21.5. The van der Waals surface area contributed by atoms with Crippen LogP contribution in [0.15, 0.2) is 66.9 Å². The fourth-order valence-electron chi connectivity index (χ4n) is 3.63. The quantitative estimate of drug-likeness (QED) is 0.346. The Bertz CT molecular complexity index is 1470. The van der Waals surface area contributed by atoms with E-state index >= 15 is 0 Å². The van der Waals surface area contributed by atoms with Gasteiger partial charge in [0.2, 0.25) is 5.78 Å². The molecule has 0 bridgehead atoms. The average molecular weight is 427 g/mol. The maximum Gasteiger partial charge on any atom is 0.257 e. The monoisotopic (exact) mass is 426 g/mol. The van der Waals surface area contributed by atoms with E-state index < -0.39 is 0 Å². The molecule has 1 amide bonds. The molecule has 31 heavy (non-hydrogen) atoms. The fourth-order valence-corrected chi connectivity index (χ4v) is 4.71. The topological polar surface area (TPSA) is 101 Å². The number of carbonyl (C=O) groups excluding carboxylic acids is 2. The minimum Gasteiger partial charge on any atom is -0.397 e. The van der Waals surface area contributed by atoms with E-state index in [0.717, 1.165) is 10.9 Å². The highest BCUT2D eigenvalue weighted by atomic mass is 32.1. The molecule has 2 aromatic carbocycles. The number of para-hydroxylation sites is 2. The summed E-state index contributed by atoms with van der Waals surface area (Å²) in [5.41, 5.74) is 9.86. The van der Waals surface area contributed by atoms with Crippen molar-refractivity contribution in [3.63, 3.8) is 0 Å². The number of thiophene rings is 1. The van der Waals surface area contributed by atoms with Crippen molar-refractivity contribution in [1.29, 1.82) is 0 Å². The third-order valence-electron chi connectivity index (χ3n) is 5.23. The van der Waals surface area contributed by atoms with Crippen LogP contribution in [0.5, 0.6) is 0 Å². The summed E-state index contributed by atoms with van der Waals surface area (Å²) in [6.45, 7) is 1.77. The van der Waals surface area contributed by atoms with Gasteiger partial charge in [-0.3, -0.25) is 9.59 Å². The smallest absolute Gasteiger partial charge is 0.257 e. The van der Waals surface area contributed by atoms with Crippen LogP contribution < -0.4 is 11.1 Å². The molecule has 0 unspecified atom stereocenters. The van der Waals surface area contributed by atoms with Crippen molar-refractivity contribution in [3.05, 3.63) is 88.6 Å². The van der Waals surface area contributed by atoms with Crippen molar-refractivity contribution >= 4 is 55.5 Å². The summed E-state index contributed by atoms with van der Waals surface area (Å²) in [6, 6.07) is 18.6. The molecule has 0 fully saturated rings. The van der Waals surface area contributed by atoms with E-state index in [9.17, 15) is 9.59 Å². The molecule has 152 valence electrons. The van der Waals surface area contributed by atoms with Gasteiger partial charge in [-0.25, -0.2) is 4.98 Å². The number of anilines is 2. The number of nitrogens with zero attached hydrogens (tertiary/aromatic N) is 1. The van der Waals surface area contributed by atoms with E-state index in [1.54, 1.807) is 19.2 Å². The van der Waals surface area contributed by atoms with Crippen molar-refractivity contribution in [2.45, 2.75) is 6.92 Å². The number of nitrogens with two attached hydrogens (primary N) is 1. The molecular weight excluding hydrogens is 408 g/mol. The van der Waals surface area contributed by atoms with Crippen molar-refractivity contribution in [2.24, 2.45) is 0 Å². The fraction of sp³-hybridized carbons (Fsp3) is 0.0417. The normalized spacial score (nSPS) is 11.1. The van der Waals surface area contributed by atoms with Crippen molar-refractivity contribution < 1.29 is 9.59 Å². The molecule has 0 aliphatic rings. The number of benzene rings is 2. The maximum atomic E-state index is 13.3. The Morgan fingerprint density at radius 3 is 2.55 bits per heavy atom. The molecule has 5 aromatic rings. The second-order valence-corrected chi connectivity index (χ2v) is 8.22. The van der Waals surface area contributed by atoms with Gasteiger partial charge in [0.25, 0.3) is 5.91 Å². The summed E-state index contributed by atoms with van der Waals surface area (Å²) < 4.78 is 0. The number of pyridine rings is 1. The number of amides is 1. The molecule has 7 heteroatoms. The minimum absolute atomic E-state index is 0.161. The maximum absolute atomic E-state index is 13.3. The third kappa shape index (κ3) is 3.25. The van der Waals surface area contributed by atoms with Gasteiger partial charge in [-0.15, -0.1) is 11.3 Å². The van der Waals surface area contributed by atoms with E-state index in [1.807, 2.05) is 54.6 Å². The highest BCUT2D eigenvalue weighted by Crippen LogP contribution is 2.36. The molecule has 0 atom stereocenters. The number of aromatic amines is 1. The first-order valence-electron chi connectivity index (χ1n) is 9.70. The van der Waals surface area contributed by atoms with E-state index in [4.69, 9.17) is 5.73 Å². The van der Waals surface area contributed by atoms with Gasteiger partial charge in [-0.2, -0.15) is 0 Å². The first-order chi connectivity index (χ1) is 15.0. The van der Waals surface area contributed by atoms with E-state index in [-0.39, 0.29) is 11.7 Å². The molecule has 0 spiro atoms. The van der Waals surface area contributed by atoms with E-state index in [2.05, 4.69) is 15.3 Å². The average Bonchev–Trinajstić information content (AvgIpc) is 3.34. The predicted molar refractivity (Wildman–Crippen MR) is 125 cm³/mol. The van der Waals surface area contributed by atoms with Gasteiger partial charge in [0, 0.05) is 33.7 Å². The second kappa shape index (κ2) is 7.37. The Balaban J connectivity index is 1.55. The highest BCUT2D eigenvalue weighted by Gasteiger charge is 2.23. The number of hydrogen-bond acceptors (Lipinski definition) is 5. The van der Waals surface area contributed by atoms with Crippen LogP contribution in [0.25, 0.3) is 21.1 Å². The summed E-state index contributed by atoms with van der Waals surface area (Å²) >= 11 is 1.25. The Kier molecular flexibility index (Phi) is 4.52. The largest absolute Gasteiger partial charge is 0.397 e. The zero-order valence-corrected chi connectivity index (χ0v) is 17.4. The Morgan fingerprint density at radius 1 is 1.00 bits per heavy atom. The van der Waals surface area contributed by atoms with Crippen LogP contribution in [0, 0.1) is 6.92 Å². The number of nitrogen functional groups attached to an aromatic ring is 1. The van der Waals surface area contributed by atoms with Gasteiger partial charge in [0.05, 0.1) is 16.9 Å². The Morgan fingerprint density at radius 2 is 1.74 bits per heavy atom. The summed E-state index contributed by atoms with van der Waals surface area (Å²) in [5, 5.41) is 4.32. The first kappa shape index (κ1) is 19.0. The number of aromatic nitrogens is 2. The van der Waals surface area contributed by atoms with Gasteiger partial charge in [0.1, 0.15) is 9.71 Å². The predicted octanol–water partition coefficient (Wildman–Crippen LogP) is 5.15. The number of ketones is 1. The molecule has 0 saturated heterocycles. The summed E-state index contributed by atoms with van der Waals surface area (Å²) in [5.74, 6) is -0.431. The summed E-state index contributed by atoms with van der Waals surface area (Å²) in [7, 11) is 0. The van der Waals surface area contributed by atoms with Crippen molar-refractivity contribution in [2.75, 3.05) is 11.1 Å². The Hall–Kier alpha value is -3.97. The van der Waals surface area contributed by atoms with E-state index in [0.29, 0.717) is 43.3 Å². The molecule has 3 heterocycles. The lowest BCUT2D eigenvalue weighted by atomic mass is 10.1. The van der Waals surface area contributed by atoms with Crippen LogP contribution in [0.1, 0.15) is 31.3 Å². The minimum atomic E-state index is -0.270. The van der Waals surface area contributed by atoms with Crippen LogP contribution in [-0.2, 0) is 0 Å². The van der Waals surface area contributed by atoms with Gasteiger partial charge in [0.15, 0.2) is 0 Å². The lowest BCUT2D eigenvalue weighted by Crippen LogP contribution is -2.14. The van der Waals surface area contributed by atoms with Crippen LogP contribution >= 0.6 is 11.3 Å². The van der Waals surface area contributed by atoms with Crippen LogP contribution in [-0.4, -0.2) is 21.7 Å². The highest BCUT2D eigenvalue weighted by molar-refractivity contribution is 7.21. The third-order valence-corrected chi connectivity index (χ3v) is 6.34. The van der Waals surface area contributed by atoms with Crippen LogP contribution in [0.4, 0.5) is 11.4 Å². The number of carbonyl (C=O) groups is 2. The molecular formula is C24H18N4O2S. The molecule has 5 rings (SSSR count). The SMILES string of the molecule is Cc1nc2sc(C(=O)c3c[nH]c4ccccc34)c(N)c2cc1C(=O)Nc1ccccc1. The van der Waals surface area contributed by atoms with Gasteiger partial charge < -0.3 is 16.0 Å². The van der Waals surface area contributed by atoms with E-state index in [1.165, 1.54) is 11.3 Å². The number of rotatable bonds is 4. The van der Waals surface area contributed by atoms with Crippen LogP contribution in [0.2, 0.25) is 0 Å². The Labute approximate surface area is 181 Å². The lowest BCUT2D eigenvalue weighted by molar-refractivity contribution is 0.102. The molecule has 3 aromatic heterocycles. The summed E-state index contributed by atoms with van der Waals surface area (Å²) in [6.07, 6.45) is 1.70. The molecule has 0 saturated carbocycles. The molecule has 0 aliphatic carbocycles. The molecule has 6 nitrogen and oxygen atoms in total. The lowest BCUT2D eigenvalue weighted by Gasteiger charge is -2.07. The molecule has 4 N–H and O–H groups in total. The molecule has 0 radical (unpaired) electrons. The van der Waals surface area contributed by atoms with Crippen LogP contribution in [0.3, 0.4) is 0 Å². The van der Waals surface area contributed by atoms with Crippen molar-refractivity contribution in [1.82, 2.24) is 9.97 Å². The number of hydrogen-bond donors (Lipinski definition) is 3. The zero-order valence-electron chi connectivity index (χ0n) is 16.6. The van der Waals surface area contributed by atoms with Gasteiger partial charge in [-0.05, 0) is 31.2 Å². The number of H-pyrrole nitrogens is 1. The van der Waals surface area contributed by atoms with Crippen molar-refractivity contribution in [3.8, 4) is 0 Å². The van der Waals surface area contributed by atoms with Gasteiger partial charge >= 0.3 is 0 Å². The number of fused-ring (bicyclic) bond motifs is 2. The summed E-state index contributed by atoms with van der Waals surface area (Å²) in [4.78, 5) is 34.8. The second-order valence-electron chi connectivity index (χ2n) is 7.22. The number of aryl methyl sites for hydroxylation is 1. The standard InChI is InChI=1S/C24H18N4O2S/c1-13-16(23(30)28-14-7-3-2-4-8-14)11-17-20(25)22(31-24(17)27-13)21(29)18-12-26-19-10-6-5-9-15(18)19/h2-12,26H,25H2,1H3,(H,28,30).